The highest BCUT2D eigenvalue weighted by Crippen LogP contribution is 2.34. The zero-order valence-corrected chi connectivity index (χ0v) is 9.99. The lowest BCUT2D eigenvalue weighted by Crippen LogP contribution is -2.14. The second-order valence-corrected chi connectivity index (χ2v) is 4.47. The molecule has 1 aromatic carbocycles. The third-order valence-corrected chi connectivity index (χ3v) is 3.52. The van der Waals surface area contributed by atoms with Crippen LogP contribution in [0, 0.1) is 18.3 Å². The van der Waals surface area contributed by atoms with Crippen molar-refractivity contribution >= 4 is 0 Å². The standard InChI is InChI=1S/C15H11NO2/c1-9-11-7-6-10-4-2-3-5-12(10)14(11)18-15(17)13(9)8-16/h2-5H,6-7H2,1H3. The molecule has 1 aliphatic carbocycles. The second-order valence-electron chi connectivity index (χ2n) is 4.47. The summed E-state index contributed by atoms with van der Waals surface area (Å²) in [5, 5.41) is 8.99. The quantitative estimate of drug-likeness (QED) is 0.707. The SMILES string of the molecule is Cc1c2c(oc(=O)c1C#N)-c1ccccc1CC2. The summed E-state index contributed by atoms with van der Waals surface area (Å²) in [4.78, 5) is 11.8. The summed E-state index contributed by atoms with van der Waals surface area (Å²) in [6.45, 7) is 1.82. The molecule has 1 aromatic heterocycles. The molecule has 0 N–H and O–H groups in total. The van der Waals surface area contributed by atoms with Gasteiger partial charge in [0.2, 0.25) is 0 Å². The highest BCUT2D eigenvalue weighted by Gasteiger charge is 2.23. The predicted octanol–water partition coefficient (Wildman–Crippen LogP) is 2.59. The summed E-state index contributed by atoms with van der Waals surface area (Å²) in [5.41, 5.74) is 3.52. The molecule has 0 fully saturated rings. The van der Waals surface area contributed by atoms with E-state index in [4.69, 9.17) is 9.68 Å². The van der Waals surface area contributed by atoms with Crippen molar-refractivity contribution in [3.63, 3.8) is 0 Å². The molecule has 88 valence electrons. The Morgan fingerprint density at radius 3 is 2.83 bits per heavy atom. The Kier molecular flexibility index (Phi) is 2.31. The van der Waals surface area contributed by atoms with Gasteiger partial charge in [0.25, 0.3) is 0 Å². The molecule has 0 saturated heterocycles. The van der Waals surface area contributed by atoms with E-state index in [0.29, 0.717) is 5.76 Å². The minimum Gasteiger partial charge on any atom is -0.421 e. The maximum absolute atomic E-state index is 11.8. The lowest BCUT2D eigenvalue weighted by atomic mass is 9.87. The van der Waals surface area contributed by atoms with Crippen LogP contribution in [0.25, 0.3) is 11.3 Å². The van der Waals surface area contributed by atoms with Gasteiger partial charge in [0, 0.05) is 11.1 Å². The molecule has 0 radical (unpaired) electrons. The van der Waals surface area contributed by atoms with Crippen LogP contribution in [0.4, 0.5) is 0 Å². The van der Waals surface area contributed by atoms with Gasteiger partial charge in [0.1, 0.15) is 17.4 Å². The highest BCUT2D eigenvalue weighted by molar-refractivity contribution is 5.69. The largest absolute Gasteiger partial charge is 0.421 e. The fraction of sp³-hybridized carbons (Fsp3) is 0.200. The Balaban J connectivity index is 2.38. The molecule has 3 heteroatoms. The van der Waals surface area contributed by atoms with Gasteiger partial charge in [-0.25, -0.2) is 4.79 Å². The first-order chi connectivity index (χ1) is 8.72. The highest BCUT2D eigenvalue weighted by atomic mass is 16.4. The number of nitriles is 1. The third kappa shape index (κ3) is 1.39. The first-order valence-electron chi connectivity index (χ1n) is 5.87. The Bertz CT molecular complexity index is 735. The van der Waals surface area contributed by atoms with E-state index in [0.717, 1.165) is 29.5 Å². The lowest BCUT2D eigenvalue weighted by molar-refractivity contribution is 0.511. The maximum atomic E-state index is 11.8. The van der Waals surface area contributed by atoms with Gasteiger partial charge in [-0.3, -0.25) is 0 Å². The normalized spacial score (nSPS) is 12.4. The van der Waals surface area contributed by atoms with Crippen LogP contribution in [0.2, 0.25) is 0 Å². The number of nitrogens with zero attached hydrogens (tertiary/aromatic N) is 1. The molecule has 1 aliphatic rings. The summed E-state index contributed by atoms with van der Waals surface area (Å²) in [5.74, 6) is 0.637. The number of rotatable bonds is 0. The van der Waals surface area contributed by atoms with Crippen molar-refractivity contribution in [3.05, 3.63) is 56.9 Å². The molecule has 0 saturated carbocycles. The molecule has 0 unspecified atom stereocenters. The van der Waals surface area contributed by atoms with Crippen molar-refractivity contribution in [1.82, 2.24) is 0 Å². The third-order valence-electron chi connectivity index (χ3n) is 3.52. The molecule has 0 aliphatic heterocycles. The number of aryl methyl sites for hydroxylation is 1. The Hall–Kier alpha value is -2.34. The van der Waals surface area contributed by atoms with E-state index in [2.05, 4.69) is 0 Å². The molecule has 0 atom stereocenters. The molecule has 2 aromatic rings. The van der Waals surface area contributed by atoms with Crippen molar-refractivity contribution in [2.45, 2.75) is 19.8 Å². The summed E-state index contributed by atoms with van der Waals surface area (Å²) in [6, 6.07) is 9.86. The molecular formula is C15H11NO2. The van der Waals surface area contributed by atoms with Crippen molar-refractivity contribution < 1.29 is 4.42 Å². The van der Waals surface area contributed by atoms with Gasteiger partial charge in [-0.1, -0.05) is 24.3 Å². The van der Waals surface area contributed by atoms with E-state index in [1.807, 2.05) is 37.3 Å². The first-order valence-corrected chi connectivity index (χ1v) is 5.87. The molecule has 3 rings (SSSR count). The van der Waals surface area contributed by atoms with E-state index < -0.39 is 5.63 Å². The van der Waals surface area contributed by atoms with Crippen molar-refractivity contribution in [1.29, 1.82) is 5.26 Å². The molecular weight excluding hydrogens is 226 g/mol. The zero-order chi connectivity index (χ0) is 12.7. The lowest BCUT2D eigenvalue weighted by Gasteiger charge is -2.19. The number of hydrogen-bond acceptors (Lipinski definition) is 3. The fourth-order valence-electron chi connectivity index (χ4n) is 2.55. The van der Waals surface area contributed by atoms with Crippen molar-refractivity contribution in [2.75, 3.05) is 0 Å². The van der Waals surface area contributed by atoms with E-state index >= 15 is 0 Å². The molecule has 1 heterocycles. The van der Waals surface area contributed by atoms with Crippen molar-refractivity contribution in [3.8, 4) is 17.4 Å². The average molecular weight is 237 g/mol. The van der Waals surface area contributed by atoms with Crippen LogP contribution in [0.3, 0.4) is 0 Å². The summed E-state index contributed by atoms with van der Waals surface area (Å²) in [7, 11) is 0. The van der Waals surface area contributed by atoms with Gasteiger partial charge in [-0.05, 0) is 30.9 Å². The predicted molar refractivity (Wildman–Crippen MR) is 67.3 cm³/mol. The molecule has 18 heavy (non-hydrogen) atoms. The van der Waals surface area contributed by atoms with Gasteiger partial charge >= 0.3 is 5.63 Å². The smallest absolute Gasteiger partial charge is 0.354 e. The summed E-state index contributed by atoms with van der Waals surface area (Å²) in [6.07, 6.45) is 1.74. The van der Waals surface area contributed by atoms with Crippen LogP contribution in [0.5, 0.6) is 0 Å². The number of benzene rings is 1. The van der Waals surface area contributed by atoms with Crippen LogP contribution in [0.1, 0.15) is 22.3 Å². The minimum atomic E-state index is -0.537. The zero-order valence-electron chi connectivity index (χ0n) is 9.99. The van der Waals surface area contributed by atoms with Crippen LogP contribution >= 0.6 is 0 Å². The van der Waals surface area contributed by atoms with E-state index in [9.17, 15) is 4.79 Å². The number of hydrogen-bond donors (Lipinski definition) is 0. The fourth-order valence-corrected chi connectivity index (χ4v) is 2.55. The van der Waals surface area contributed by atoms with Gasteiger partial charge in [-0.2, -0.15) is 5.26 Å². The Morgan fingerprint density at radius 2 is 2.06 bits per heavy atom. The minimum absolute atomic E-state index is 0.133. The monoisotopic (exact) mass is 237 g/mol. The molecule has 0 spiro atoms. The molecule has 0 amide bonds. The topological polar surface area (TPSA) is 54.0 Å². The summed E-state index contributed by atoms with van der Waals surface area (Å²) < 4.78 is 5.35. The van der Waals surface area contributed by atoms with Crippen LogP contribution in [0.15, 0.2) is 33.5 Å². The van der Waals surface area contributed by atoms with Crippen LogP contribution < -0.4 is 5.63 Å². The van der Waals surface area contributed by atoms with E-state index in [1.165, 1.54) is 5.56 Å². The van der Waals surface area contributed by atoms with Gasteiger partial charge in [-0.15, -0.1) is 0 Å². The molecule has 0 bridgehead atoms. The van der Waals surface area contributed by atoms with Gasteiger partial charge in [0.05, 0.1) is 0 Å². The van der Waals surface area contributed by atoms with Gasteiger partial charge < -0.3 is 4.42 Å². The molecule has 3 nitrogen and oxygen atoms in total. The summed E-state index contributed by atoms with van der Waals surface area (Å²) >= 11 is 0. The van der Waals surface area contributed by atoms with Gasteiger partial charge in [0.15, 0.2) is 0 Å². The maximum Gasteiger partial charge on any atom is 0.354 e. The van der Waals surface area contributed by atoms with E-state index in [-0.39, 0.29) is 5.56 Å². The van der Waals surface area contributed by atoms with Crippen molar-refractivity contribution in [2.24, 2.45) is 0 Å². The van der Waals surface area contributed by atoms with Crippen LogP contribution in [-0.2, 0) is 12.8 Å². The Morgan fingerprint density at radius 1 is 1.28 bits per heavy atom. The Labute approximate surface area is 104 Å². The number of fused-ring (bicyclic) bond motifs is 3. The second kappa shape index (κ2) is 3.85. The van der Waals surface area contributed by atoms with E-state index in [1.54, 1.807) is 0 Å². The van der Waals surface area contributed by atoms with Crippen LogP contribution in [-0.4, -0.2) is 0 Å². The first kappa shape index (κ1) is 10.8. The average Bonchev–Trinajstić information content (AvgIpc) is 2.39.